The summed E-state index contributed by atoms with van der Waals surface area (Å²) in [7, 11) is 0. The van der Waals surface area contributed by atoms with Crippen LogP contribution in [0.25, 0.3) is 0 Å². The number of rotatable bonds is 1. The van der Waals surface area contributed by atoms with Crippen molar-refractivity contribution in [3.8, 4) is 0 Å². The first kappa shape index (κ1) is 18.0. The van der Waals surface area contributed by atoms with Gasteiger partial charge >= 0.3 is 6.09 Å². The Kier molecular flexibility index (Phi) is 5.20. The molecule has 1 aromatic heterocycles. The maximum atomic E-state index is 14.5. The Morgan fingerprint density at radius 1 is 1.43 bits per heavy atom. The van der Waals surface area contributed by atoms with Crippen LogP contribution in [-0.2, 0) is 4.74 Å². The van der Waals surface area contributed by atoms with Gasteiger partial charge in [-0.2, -0.15) is 5.10 Å². The van der Waals surface area contributed by atoms with Gasteiger partial charge in [0.25, 0.3) is 5.56 Å². The molecule has 0 aliphatic carbocycles. The molecule has 0 unspecified atom stereocenters. The molecule has 0 radical (unpaired) electrons. The number of carbonyl (C=O) groups excluding carboxylic acids is 1. The van der Waals surface area contributed by atoms with E-state index in [4.69, 9.17) is 27.9 Å². The molecule has 9 heteroatoms. The number of nitrogens with zero attached hydrogens (tertiary/aromatic N) is 3. The van der Waals surface area contributed by atoms with Gasteiger partial charge in [-0.15, -0.1) is 0 Å². The van der Waals surface area contributed by atoms with E-state index in [1.54, 1.807) is 20.8 Å². The summed E-state index contributed by atoms with van der Waals surface area (Å²) in [5, 5.41) is 3.69. The van der Waals surface area contributed by atoms with Crippen molar-refractivity contribution < 1.29 is 13.9 Å². The normalized spacial score (nSPS) is 22.1. The van der Waals surface area contributed by atoms with E-state index in [0.717, 1.165) is 4.68 Å². The van der Waals surface area contributed by atoms with Gasteiger partial charge in [0.2, 0.25) is 0 Å². The summed E-state index contributed by atoms with van der Waals surface area (Å²) < 4.78 is 20.7. The molecule has 1 amide bonds. The van der Waals surface area contributed by atoms with Crippen LogP contribution in [0.15, 0.2) is 11.0 Å². The molecule has 0 bridgehead atoms. The number of ether oxygens (including phenoxy) is 1. The minimum atomic E-state index is -1.46. The fourth-order valence-electron chi connectivity index (χ4n) is 2.32. The molecule has 1 aromatic rings. The molecular weight excluding hydrogens is 348 g/mol. The number of likely N-dealkylation sites (tertiary alicyclic amines) is 1. The van der Waals surface area contributed by atoms with Gasteiger partial charge in [-0.1, -0.05) is 23.2 Å². The van der Waals surface area contributed by atoms with Crippen molar-refractivity contribution in [2.75, 3.05) is 13.1 Å². The third-order valence-electron chi connectivity index (χ3n) is 3.37. The van der Waals surface area contributed by atoms with E-state index in [9.17, 15) is 14.0 Å². The molecule has 6 nitrogen and oxygen atoms in total. The van der Waals surface area contributed by atoms with Crippen molar-refractivity contribution in [3.63, 3.8) is 0 Å². The maximum Gasteiger partial charge on any atom is 0.410 e. The standard InChI is InChI=1S/C14H18Cl2FN3O3/c1-14(2,3)23-13(22)19-5-4-10(9(17)7-19)20-12(21)11(16)8(15)6-18-20/h6,9-10H,4-5,7H2,1-3H3/t9-,10-/m1/s1. The Morgan fingerprint density at radius 3 is 2.65 bits per heavy atom. The van der Waals surface area contributed by atoms with Crippen LogP contribution in [0.2, 0.25) is 10.0 Å². The van der Waals surface area contributed by atoms with Crippen molar-refractivity contribution in [3.05, 3.63) is 26.6 Å². The molecular formula is C14H18Cl2FN3O3. The molecule has 2 atom stereocenters. The minimum Gasteiger partial charge on any atom is -0.444 e. The van der Waals surface area contributed by atoms with Gasteiger partial charge in [0.15, 0.2) is 0 Å². The molecule has 1 aliphatic heterocycles. The zero-order valence-electron chi connectivity index (χ0n) is 13.1. The highest BCUT2D eigenvalue weighted by atomic mass is 35.5. The molecule has 1 fully saturated rings. The number of aromatic nitrogens is 2. The van der Waals surface area contributed by atoms with Crippen LogP contribution in [0.5, 0.6) is 0 Å². The fourth-order valence-corrected chi connectivity index (χ4v) is 2.58. The summed E-state index contributed by atoms with van der Waals surface area (Å²) in [4.78, 5) is 25.3. The van der Waals surface area contributed by atoms with Crippen molar-refractivity contribution in [2.24, 2.45) is 0 Å². The second-order valence-electron chi connectivity index (χ2n) is 6.35. The topological polar surface area (TPSA) is 64.4 Å². The van der Waals surface area contributed by atoms with Gasteiger partial charge in [0.05, 0.1) is 23.8 Å². The van der Waals surface area contributed by atoms with Crippen LogP contribution >= 0.6 is 23.2 Å². The van der Waals surface area contributed by atoms with Gasteiger partial charge in [-0.25, -0.2) is 13.9 Å². The molecule has 0 N–H and O–H groups in total. The first-order chi connectivity index (χ1) is 10.6. The molecule has 23 heavy (non-hydrogen) atoms. The number of alkyl halides is 1. The van der Waals surface area contributed by atoms with Gasteiger partial charge in [0.1, 0.15) is 16.8 Å². The van der Waals surface area contributed by atoms with E-state index in [-0.39, 0.29) is 29.6 Å². The SMILES string of the molecule is CC(C)(C)OC(=O)N1CC[C@@H](n2ncc(Cl)c(Cl)c2=O)[C@H](F)C1. The first-order valence-corrected chi connectivity index (χ1v) is 7.90. The Labute approximate surface area is 143 Å². The van der Waals surface area contributed by atoms with Gasteiger partial charge in [-0.05, 0) is 27.2 Å². The lowest BCUT2D eigenvalue weighted by atomic mass is 10.0. The van der Waals surface area contributed by atoms with Crippen LogP contribution in [0, 0.1) is 0 Å². The lowest BCUT2D eigenvalue weighted by Crippen LogP contribution is -2.49. The Balaban J connectivity index is 2.12. The number of halogens is 3. The molecule has 0 saturated carbocycles. The summed E-state index contributed by atoms with van der Waals surface area (Å²) >= 11 is 11.5. The molecule has 1 aliphatic rings. The third-order valence-corrected chi connectivity index (χ3v) is 4.12. The highest BCUT2D eigenvalue weighted by Gasteiger charge is 2.36. The van der Waals surface area contributed by atoms with Crippen molar-refractivity contribution >= 4 is 29.3 Å². The van der Waals surface area contributed by atoms with E-state index < -0.39 is 29.5 Å². The van der Waals surface area contributed by atoms with Crippen LogP contribution in [0.4, 0.5) is 9.18 Å². The zero-order chi connectivity index (χ0) is 17.4. The second-order valence-corrected chi connectivity index (χ2v) is 7.14. The predicted molar refractivity (Wildman–Crippen MR) is 84.9 cm³/mol. The average molecular weight is 366 g/mol. The molecule has 0 spiro atoms. The number of hydrogen-bond acceptors (Lipinski definition) is 4. The van der Waals surface area contributed by atoms with Crippen LogP contribution in [0.1, 0.15) is 33.2 Å². The lowest BCUT2D eigenvalue weighted by Gasteiger charge is -2.35. The van der Waals surface area contributed by atoms with Crippen molar-refractivity contribution in [1.82, 2.24) is 14.7 Å². The monoisotopic (exact) mass is 365 g/mol. The molecule has 1 saturated heterocycles. The molecule has 2 rings (SSSR count). The van der Waals surface area contributed by atoms with Crippen LogP contribution in [0.3, 0.4) is 0 Å². The van der Waals surface area contributed by atoms with E-state index in [0.29, 0.717) is 0 Å². The molecule has 128 valence electrons. The summed E-state index contributed by atoms with van der Waals surface area (Å²) in [5.74, 6) is 0. The number of carbonyl (C=O) groups is 1. The highest BCUT2D eigenvalue weighted by Crippen LogP contribution is 2.26. The van der Waals surface area contributed by atoms with Crippen LogP contribution in [-0.4, -0.2) is 45.6 Å². The number of piperidine rings is 1. The Bertz CT molecular complexity index is 660. The lowest BCUT2D eigenvalue weighted by molar-refractivity contribution is 0.00534. The number of hydrogen-bond donors (Lipinski definition) is 0. The van der Waals surface area contributed by atoms with E-state index in [1.165, 1.54) is 11.1 Å². The van der Waals surface area contributed by atoms with Gasteiger partial charge in [0, 0.05) is 6.54 Å². The highest BCUT2D eigenvalue weighted by molar-refractivity contribution is 6.41. The smallest absolute Gasteiger partial charge is 0.410 e. The Morgan fingerprint density at radius 2 is 2.09 bits per heavy atom. The van der Waals surface area contributed by atoms with E-state index in [2.05, 4.69) is 5.10 Å². The molecule has 2 heterocycles. The second kappa shape index (κ2) is 6.65. The van der Waals surface area contributed by atoms with E-state index in [1.807, 2.05) is 0 Å². The number of amides is 1. The van der Waals surface area contributed by atoms with Gasteiger partial charge < -0.3 is 9.64 Å². The fraction of sp³-hybridized carbons (Fsp3) is 0.643. The molecule has 0 aromatic carbocycles. The summed E-state index contributed by atoms with van der Waals surface area (Å²) in [6, 6.07) is -0.795. The summed E-state index contributed by atoms with van der Waals surface area (Å²) in [6.07, 6.45) is -0.601. The van der Waals surface area contributed by atoms with Gasteiger partial charge in [-0.3, -0.25) is 4.79 Å². The largest absolute Gasteiger partial charge is 0.444 e. The van der Waals surface area contributed by atoms with Crippen molar-refractivity contribution in [2.45, 2.75) is 45.0 Å². The average Bonchev–Trinajstić information content (AvgIpc) is 2.44. The quantitative estimate of drug-likeness (QED) is 0.766. The summed E-state index contributed by atoms with van der Waals surface area (Å²) in [5.41, 5.74) is -1.29. The predicted octanol–water partition coefficient (Wildman–Crippen LogP) is 3.07. The maximum absolute atomic E-state index is 14.5. The van der Waals surface area contributed by atoms with Crippen molar-refractivity contribution in [1.29, 1.82) is 0 Å². The van der Waals surface area contributed by atoms with E-state index >= 15 is 0 Å². The summed E-state index contributed by atoms with van der Waals surface area (Å²) in [6.45, 7) is 5.31. The zero-order valence-corrected chi connectivity index (χ0v) is 14.6. The Hall–Kier alpha value is -1.34. The third kappa shape index (κ3) is 4.14. The first-order valence-electron chi connectivity index (χ1n) is 7.15. The minimum absolute atomic E-state index is 0.0227. The van der Waals surface area contributed by atoms with Crippen LogP contribution < -0.4 is 5.56 Å².